The Labute approximate surface area is 153 Å². The number of aromatic nitrogens is 1. The van der Waals surface area contributed by atoms with Gasteiger partial charge in [-0.2, -0.15) is 0 Å². The second-order valence-corrected chi connectivity index (χ2v) is 6.69. The van der Waals surface area contributed by atoms with Gasteiger partial charge >= 0.3 is 6.03 Å². The van der Waals surface area contributed by atoms with E-state index in [9.17, 15) is 4.79 Å². The third-order valence-electron chi connectivity index (χ3n) is 4.41. The Hall–Kier alpha value is -2.27. The second kappa shape index (κ2) is 8.21. The van der Waals surface area contributed by atoms with Gasteiger partial charge in [0.05, 0.1) is 6.04 Å². The molecule has 2 amide bonds. The quantitative estimate of drug-likeness (QED) is 0.852. The summed E-state index contributed by atoms with van der Waals surface area (Å²) in [6, 6.07) is 11.1. The van der Waals surface area contributed by atoms with Crippen molar-refractivity contribution in [1.29, 1.82) is 0 Å². The van der Waals surface area contributed by atoms with E-state index < -0.39 is 0 Å². The molecule has 0 radical (unpaired) electrons. The van der Waals surface area contributed by atoms with Gasteiger partial charge in [0.15, 0.2) is 0 Å². The summed E-state index contributed by atoms with van der Waals surface area (Å²) in [5, 5.41) is 6.47. The van der Waals surface area contributed by atoms with Crippen LogP contribution in [0, 0.1) is 0 Å². The smallest absolute Gasteiger partial charge is 0.315 e. The number of nitrogens with zero attached hydrogens (tertiary/aromatic N) is 2. The van der Waals surface area contributed by atoms with Crippen LogP contribution in [0.2, 0.25) is 5.02 Å². The van der Waals surface area contributed by atoms with Gasteiger partial charge in [-0.05, 0) is 49.1 Å². The number of carbonyl (C=O) groups excluding carboxylic acids is 1. The molecule has 1 saturated heterocycles. The number of rotatable bonds is 5. The second-order valence-electron chi connectivity index (χ2n) is 6.29. The first-order chi connectivity index (χ1) is 12.1. The molecular weight excluding hydrogens is 336 g/mol. The molecule has 5 nitrogen and oxygen atoms in total. The van der Waals surface area contributed by atoms with E-state index in [0.29, 0.717) is 11.6 Å². The number of amides is 2. The molecular formula is C19H23ClN4O. The predicted octanol–water partition coefficient (Wildman–Crippen LogP) is 3.90. The molecule has 3 rings (SSSR count). The molecule has 6 heteroatoms. The van der Waals surface area contributed by atoms with Gasteiger partial charge in [-0.1, -0.05) is 29.8 Å². The van der Waals surface area contributed by atoms with Crippen molar-refractivity contribution >= 4 is 23.4 Å². The fraction of sp³-hybridized carbons (Fsp3) is 0.368. The molecule has 0 spiro atoms. The normalized spacial score (nSPS) is 15.0. The zero-order valence-corrected chi connectivity index (χ0v) is 15.1. The summed E-state index contributed by atoms with van der Waals surface area (Å²) in [6.45, 7) is 4.49. The van der Waals surface area contributed by atoms with Gasteiger partial charge < -0.3 is 15.5 Å². The Morgan fingerprint density at radius 1 is 1.28 bits per heavy atom. The summed E-state index contributed by atoms with van der Waals surface area (Å²) in [7, 11) is 0. The molecule has 1 aromatic heterocycles. The first-order valence-corrected chi connectivity index (χ1v) is 9.00. The molecule has 1 atom stereocenters. The number of hydrogen-bond acceptors (Lipinski definition) is 3. The lowest BCUT2D eigenvalue weighted by Gasteiger charge is -2.18. The van der Waals surface area contributed by atoms with Gasteiger partial charge in [-0.15, -0.1) is 0 Å². The minimum atomic E-state index is -0.216. The molecule has 1 aliphatic heterocycles. The van der Waals surface area contributed by atoms with E-state index in [-0.39, 0.29) is 12.1 Å². The van der Waals surface area contributed by atoms with Crippen LogP contribution in [-0.2, 0) is 6.54 Å². The first kappa shape index (κ1) is 17.5. The predicted molar refractivity (Wildman–Crippen MR) is 101 cm³/mol. The largest absolute Gasteiger partial charge is 0.357 e. The van der Waals surface area contributed by atoms with Crippen molar-refractivity contribution in [2.45, 2.75) is 32.4 Å². The van der Waals surface area contributed by atoms with Crippen LogP contribution < -0.4 is 15.5 Å². The molecule has 1 unspecified atom stereocenters. The summed E-state index contributed by atoms with van der Waals surface area (Å²) in [6.07, 6.45) is 4.23. The van der Waals surface area contributed by atoms with Crippen molar-refractivity contribution < 1.29 is 4.79 Å². The SMILES string of the molecule is CC(NC(=O)NCc1ccnc(N2CCCC2)c1)c1ccccc1Cl. The molecule has 2 heterocycles. The van der Waals surface area contributed by atoms with E-state index in [1.54, 1.807) is 6.20 Å². The van der Waals surface area contributed by atoms with Crippen LogP contribution >= 0.6 is 11.6 Å². The number of carbonyl (C=O) groups is 1. The minimum Gasteiger partial charge on any atom is -0.357 e. The number of benzene rings is 1. The average molecular weight is 359 g/mol. The van der Waals surface area contributed by atoms with Crippen molar-refractivity contribution in [2.24, 2.45) is 0 Å². The van der Waals surface area contributed by atoms with E-state index in [2.05, 4.69) is 20.5 Å². The minimum absolute atomic E-state index is 0.161. The summed E-state index contributed by atoms with van der Waals surface area (Å²) in [4.78, 5) is 18.9. The highest BCUT2D eigenvalue weighted by Crippen LogP contribution is 2.22. The van der Waals surface area contributed by atoms with Crippen LogP contribution in [0.1, 0.15) is 36.9 Å². The highest BCUT2D eigenvalue weighted by molar-refractivity contribution is 6.31. The van der Waals surface area contributed by atoms with Crippen LogP contribution in [0.25, 0.3) is 0 Å². The molecule has 2 aromatic rings. The Kier molecular flexibility index (Phi) is 5.76. The molecule has 0 saturated carbocycles. The van der Waals surface area contributed by atoms with E-state index >= 15 is 0 Å². The maximum absolute atomic E-state index is 12.2. The highest BCUT2D eigenvalue weighted by atomic mass is 35.5. The maximum atomic E-state index is 12.2. The van der Waals surface area contributed by atoms with Crippen molar-refractivity contribution in [3.63, 3.8) is 0 Å². The summed E-state index contributed by atoms with van der Waals surface area (Å²) in [5.74, 6) is 0.988. The highest BCUT2D eigenvalue weighted by Gasteiger charge is 2.14. The maximum Gasteiger partial charge on any atom is 0.315 e. The van der Waals surface area contributed by atoms with Crippen molar-refractivity contribution in [1.82, 2.24) is 15.6 Å². The summed E-state index contributed by atoms with van der Waals surface area (Å²) in [5.41, 5.74) is 1.94. The number of urea groups is 1. The van der Waals surface area contributed by atoms with E-state index in [1.165, 1.54) is 12.8 Å². The monoisotopic (exact) mass is 358 g/mol. The van der Waals surface area contributed by atoms with Crippen LogP contribution in [0.3, 0.4) is 0 Å². The van der Waals surface area contributed by atoms with Crippen LogP contribution in [0.5, 0.6) is 0 Å². The van der Waals surface area contributed by atoms with Crippen molar-refractivity contribution in [2.75, 3.05) is 18.0 Å². The van der Waals surface area contributed by atoms with Crippen LogP contribution in [0.15, 0.2) is 42.6 Å². The molecule has 1 aromatic carbocycles. The Morgan fingerprint density at radius 3 is 2.80 bits per heavy atom. The van der Waals surface area contributed by atoms with Gasteiger partial charge in [0, 0.05) is 30.9 Å². The summed E-state index contributed by atoms with van der Waals surface area (Å²) < 4.78 is 0. The fourth-order valence-corrected chi connectivity index (χ4v) is 3.32. The molecule has 25 heavy (non-hydrogen) atoms. The third-order valence-corrected chi connectivity index (χ3v) is 4.76. The third kappa shape index (κ3) is 4.63. The Morgan fingerprint density at radius 2 is 2.04 bits per heavy atom. The average Bonchev–Trinajstić information content (AvgIpc) is 3.15. The van der Waals surface area contributed by atoms with E-state index in [0.717, 1.165) is 30.0 Å². The lowest BCUT2D eigenvalue weighted by molar-refractivity contribution is 0.237. The number of hydrogen-bond donors (Lipinski definition) is 2. The first-order valence-electron chi connectivity index (χ1n) is 8.62. The van der Waals surface area contributed by atoms with Gasteiger partial charge in [0.2, 0.25) is 0 Å². The van der Waals surface area contributed by atoms with Gasteiger partial charge in [0.25, 0.3) is 0 Å². The van der Waals surface area contributed by atoms with Gasteiger partial charge in [0.1, 0.15) is 5.82 Å². The standard InChI is InChI=1S/C19H23ClN4O/c1-14(16-6-2-3-7-17(16)20)23-19(25)22-13-15-8-9-21-18(12-15)24-10-4-5-11-24/h2-3,6-9,12,14H,4-5,10-11,13H2,1H3,(H2,22,23,25). The lowest BCUT2D eigenvalue weighted by atomic mass is 10.1. The number of halogens is 1. The molecule has 1 fully saturated rings. The zero-order chi connectivity index (χ0) is 17.6. The van der Waals surface area contributed by atoms with Gasteiger partial charge in [-0.25, -0.2) is 9.78 Å². The number of anilines is 1. The van der Waals surface area contributed by atoms with Crippen molar-refractivity contribution in [3.8, 4) is 0 Å². The van der Waals surface area contributed by atoms with Gasteiger partial charge in [-0.3, -0.25) is 0 Å². The topological polar surface area (TPSA) is 57.3 Å². The molecule has 1 aliphatic rings. The van der Waals surface area contributed by atoms with Crippen LogP contribution in [0.4, 0.5) is 10.6 Å². The number of pyridine rings is 1. The lowest BCUT2D eigenvalue weighted by Crippen LogP contribution is -2.36. The molecule has 2 N–H and O–H groups in total. The summed E-state index contributed by atoms with van der Waals surface area (Å²) >= 11 is 6.17. The molecule has 132 valence electrons. The van der Waals surface area contributed by atoms with Crippen molar-refractivity contribution in [3.05, 3.63) is 58.7 Å². The number of nitrogens with one attached hydrogen (secondary N) is 2. The molecule has 0 aliphatic carbocycles. The van der Waals surface area contributed by atoms with Crippen LogP contribution in [-0.4, -0.2) is 24.1 Å². The Balaban J connectivity index is 1.54. The van der Waals surface area contributed by atoms with E-state index in [4.69, 9.17) is 11.6 Å². The molecule has 0 bridgehead atoms. The Bertz CT molecular complexity index is 731. The zero-order valence-electron chi connectivity index (χ0n) is 14.3. The van der Waals surface area contributed by atoms with E-state index in [1.807, 2.05) is 43.3 Å². The fourth-order valence-electron chi connectivity index (χ4n) is 3.02.